The van der Waals surface area contributed by atoms with E-state index in [2.05, 4.69) is 20.4 Å². The van der Waals surface area contributed by atoms with Crippen molar-refractivity contribution in [2.45, 2.75) is 13.8 Å². The highest BCUT2D eigenvalue weighted by Gasteiger charge is 2.12. The van der Waals surface area contributed by atoms with E-state index in [4.69, 9.17) is 11.6 Å². The van der Waals surface area contributed by atoms with Crippen molar-refractivity contribution in [3.05, 3.63) is 28.4 Å². The molecule has 0 unspecified atom stereocenters. The van der Waals surface area contributed by atoms with E-state index in [0.29, 0.717) is 11.0 Å². The molecule has 3 rings (SSSR count). The molecule has 0 saturated carbocycles. The van der Waals surface area contributed by atoms with E-state index in [-0.39, 0.29) is 0 Å². The van der Waals surface area contributed by atoms with E-state index in [1.807, 2.05) is 25.3 Å². The summed E-state index contributed by atoms with van der Waals surface area (Å²) in [6.07, 6.45) is 1.77. The van der Waals surface area contributed by atoms with Crippen molar-refractivity contribution >= 4 is 39.1 Å². The first-order valence-electron chi connectivity index (χ1n) is 5.90. The second kappa shape index (κ2) is 4.79. The van der Waals surface area contributed by atoms with Gasteiger partial charge in [-0.05, 0) is 25.3 Å². The lowest BCUT2D eigenvalue weighted by Gasteiger charge is -2.06. The van der Waals surface area contributed by atoms with Crippen LogP contribution in [0.5, 0.6) is 0 Å². The summed E-state index contributed by atoms with van der Waals surface area (Å²) in [4.78, 5) is 9.91. The normalized spacial score (nSPS) is 11.1. The Morgan fingerprint density at radius 3 is 2.95 bits per heavy atom. The summed E-state index contributed by atoms with van der Waals surface area (Å²) in [7, 11) is 0. The van der Waals surface area contributed by atoms with Crippen LogP contribution in [0.4, 0.5) is 5.95 Å². The molecule has 7 heteroatoms. The van der Waals surface area contributed by atoms with E-state index in [0.717, 1.165) is 28.3 Å². The van der Waals surface area contributed by atoms with Gasteiger partial charge < -0.3 is 5.32 Å². The molecular formula is C12H12ClN5S. The van der Waals surface area contributed by atoms with Crippen molar-refractivity contribution in [3.8, 4) is 5.82 Å². The standard InChI is InChI=1S/C12H12ClN5S/c1-3-14-12-15-10(8-4-5-19-11(8)16-12)18-6-9(13)7(2)17-18/h4-6H,3H2,1-2H3,(H,14,15,16). The molecule has 3 heterocycles. The summed E-state index contributed by atoms with van der Waals surface area (Å²) in [5.41, 5.74) is 0.786. The minimum absolute atomic E-state index is 0.608. The number of hydrogen-bond acceptors (Lipinski definition) is 5. The molecule has 0 amide bonds. The van der Waals surface area contributed by atoms with Gasteiger partial charge in [0.1, 0.15) is 4.83 Å². The Labute approximate surface area is 119 Å². The van der Waals surface area contributed by atoms with Crippen molar-refractivity contribution in [2.75, 3.05) is 11.9 Å². The highest BCUT2D eigenvalue weighted by atomic mass is 35.5. The number of aryl methyl sites for hydroxylation is 1. The van der Waals surface area contributed by atoms with Crippen LogP contribution >= 0.6 is 22.9 Å². The molecule has 0 radical (unpaired) electrons. The number of nitrogens with zero attached hydrogens (tertiary/aromatic N) is 4. The number of thiophene rings is 1. The van der Waals surface area contributed by atoms with Crippen LogP contribution in [0.1, 0.15) is 12.6 Å². The first-order valence-corrected chi connectivity index (χ1v) is 7.16. The predicted octanol–water partition coefficient (Wildman–Crippen LogP) is 3.27. The van der Waals surface area contributed by atoms with Crippen LogP contribution < -0.4 is 5.32 Å². The zero-order valence-electron chi connectivity index (χ0n) is 10.5. The Hall–Kier alpha value is -1.66. The fourth-order valence-electron chi connectivity index (χ4n) is 1.80. The molecule has 0 aliphatic carbocycles. The Kier molecular flexibility index (Phi) is 3.12. The van der Waals surface area contributed by atoms with Gasteiger partial charge >= 0.3 is 0 Å². The predicted molar refractivity (Wildman–Crippen MR) is 78.4 cm³/mol. The quantitative estimate of drug-likeness (QED) is 0.805. The molecule has 98 valence electrons. The first kappa shape index (κ1) is 12.4. The second-order valence-electron chi connectivity index (χ2n) is 4.05. The number of hydrogen-bond donors (Lipinski definition) is 1. The van der Waals surface area contributed by atoms with Crippen molar-refractivity contribution in [1.82, 2.24) is 19.7 Å². The topological polar surface area (TPSA) is 55.6 Å². The van der Waals surface area contributed by atoms with Crippen molar-refractivity contribution in [1.29, 1.82) is 0 Å². The molecule has 19 heavy (non-hydrogen) atoms. The third kappa shape index (κ3) is 2.17. The fourth-order valence-corrected chi connectivity index (χ4v) is 2.69. The molecule has 0 bridgehead atoms. The molecule has 0 spiro atoms. The maximum atomic E-state index is 6.07. The van der Waals surface area contributed by atoms with Crippen molar-refractivity contribution < 1.29 is 0 Å². The van der Waals surface area contributed by atoms with Gasteiger partial charge in [0.05, 0.1) is 22.3 Å². The Bertz CT molecular complexity index is 713. The van der Waals surface area contributed by atoms with Crippen LogP contribution in [0.25, 0.3) is 16.0 Å². The average molecular weight is 294 g/mol. The molecule has 1 N–H and O–H groups in total. The monoisotopic (exact) mass is 293 g/mol. The van der Waals surface area contributed by atoms with E-state index in [9.17, 15) is 0 Å². The van der Waals surface area contributed by atoms with Crippen molar-refractivity contribution in [3.63, 3.8) is 0 Å². The van der Waals surface area contributed by atoms with Crippen LogP contribution in [-0.2, 0) is 0 Å². The lowest BCUT2D eigenvalue weighted by atomic mass is 10.4. The summed E-state index contributed by atoms with van der Waals surface area (Å²) in [6, 6.07) is 2.00. The van der Waals surface area contributed by atoms with Gasteiger partial charge in [0.2, 0.25) is 5.95 Å². The minimum atomic E-state index is 0.608. The van der Waals surface area contributed by atoms with Crippen LogP contribution in [0.3, 0.4) is 0 Å². The third-order valence-electron chi connectivity index (χ3n) is 2.70. The van der Waals surface area contributed by atoms with Gasteiger partial charge in [-0.2, -0.15) is 10.1 Å². The summed E-state index contributed by atoms with van der Waals surface area (Å²) < 4.78 is 1.70. The number of fused-ring (bicyclic) bond motifs is 1. The summed E-state index contributed by atoms with van der Waals surface area (Å²) in [5.74, 6) is 1.36. The van der Waals surface area contributed by atoms with Gasteiger partial charge in [0.25, 0.3) is 0 Å². The lowest BCUT2D eigenvalue weighted by molar-refractivity contribution is 0.837. The maximum Gasteiger partial charge on any atom is 0.226 e. The van der Waals surface area contributed by atoms with Crippen LogP contribution in [0.2, 0.25) is 5.02 Å². The number of nitrogens with one attached hydrogen (secondary N) is 1. The number of anilines is 1. The molecular weight excluding hydrogens is 282 g/mol. The molecule has 0 aliphatic heterocycles. The second-order valence-corrected chi connectivity index (χ2v) is 5.35. The molecule has 5 nitrogen and oxygen atoms in total. The molecule has 0 aliphatic rings. The van der Waals surface area contributed by atoms with Gasteiger partial charge in [0, 0.05) is 6.54 Å². The van der Waals surface area contributed by atoms with Gasteiger partial charge in [-0.25, -0.2) is 9.67 Å². The largest absolute Gasteiger partial charge is 0.354 e. The number of rotatable bonds is 3. The molecule has 0 fully saturated rings. The third-order valence-corrected chi connectivity index (χ3v) is 3.87. The first-order chi connectivity index (χ1) is 9.19. The Morgan fingerprint density at radius 1 is 1.42 bits per heavy atom. The molecule has 3 aromatic heterocycles. The summed E-state index contributed by atoms with van der Waals surface area (Å²) in [5, 5.41) is 11.1. The fraction of sp³-hybridized carbons (Fsp3) is 0.250. The van der Waals surface area contributed by atoms with Gasteiger partial charge in [-0.1, -0.05) is 11.6 Å². The molecule has 3 aromatic rings. The van der Waals surface area contributed by atoms with Gasteiger partial charge in [-0.15, -0.1) is 11.3 Å². The summed E-state index contributed by atoms with van der Waals surface area (Å²) in [6.45, 7) is 4.65. The van der Waals surface area contributed by atoms with Gasteiger partial charge in [0.15, 0.2) is 5.82 Å². The van der Waals surface area contributed by atoms with Crippen molar-refractivity contribution in [2.24, 2.45) is 0 Å². The van der Waals surface area contributed by atoms with Crippen LogP contribution in [0.15, 0.2) is 17.6 Å². The average Bonchev–Trinajstić information content (AvgIpc) is 2.96. The van der Waals surface area contributed by atoms with Crippen LogP contribution in [-0.4, -0.2) is 26.3 Å². The van der Waals surface area contributed by atoms with E-state index in [1.165, 1.54) is 0 Å². The van der Waals surface area contributed by atoms with E-state index >= 15 is 0 Å². The Balaban J connectivity index is 2.22. The number of halogens is 1. The molecule has 0 aromatic carbocycles. The Morgan fingerprint density at radius 2 is 2.26 bits per heavy atom. The highest BCUT2D eigenvalue weighted by Crippen LogP contribution is 2.26. The SMILES string of the molecule is CCNc1nc(-n2cc(Cl)c(C)n2)c2ccsc2n1. The molecule has 0 atom stereocenters. The lowest BCUT2D eigenvalue weighted by Crippen LogP contribution is -2.06. The molecule has 0 saturated heterocycles. The minimum Gasteiger partial charge on any atom is -0.354 e. The smallest absolute Gasteiger partial charge is 0.226 e. The van der Waals surface area contributed by atoms with Crippen LogP contribution in [0, 0.1) is 6.92 Å². The van der Waals surface area contributed by atoms with E-state index in [1.54, 1.807) is 22.2 Å². The van der Waals surface area contributed by atoms with E-state index < -0.39 is 0 Å². The maximum absolute atomic E-state index is 6.07. The number of aromatic nitrogens is 4. The summed E-state index contributed by atoms with van der Waals surface area (Å²) >= 11 is 7.65. The zero-order chi connectivity index (χ0) is 13.4. The van der Waals surface area contributed by atoms with Gasteiger partial charge in [-0.3, -0.25) is 0 Å². The zero-order valence-corrected chi connectivity index (χ0v) is 12.1. The highest BCUT2D eigenvalue weighted by molar-refractivity contribution is 7.16.